The summed E-state index contributed by atoms with van der Waals surface area (Å²) in [5.74, 6) is 0. The molecule has 12 heteroatoms. The first-order valence-corrected chi connectivity index (χ1v) is 12.3. The van der Waals surface area contributed by atoms with Crippen LogP contribution < -0.4 is 14.9 Å². The largest absolute Gasteiger partial charge is 0.417 e. The first-order chi connectivity index (χ1) is 16.9. The fourth-order valence-corrected chi connectivity index (χ4v) is 5.04. The maximum Gasteiger partial charge on any atom is 0.417 e. The second kappa shape index (κ2) is 9.66. The number of benzene rings is 3. The van der Waals surface area contributed by atoms with Gasteiger partial charge in [0.2, 0.25) is 0 Å². The zero-order valence-electron chi connectivity index (χ0n) is 18.6. The summed E-state index contributed by atoms with van der Waals surface area (Å²) in [6, 6.07) is 12.4. The molecule has 0 aromatic heterocycles. The van der Waals surface area contributed by atoms with Crippen molar-refractivity contribution in [2.75, 3.05) is 35.8 Å². The zero-order valence-corrected chi connectivity index (χ0v) is 19.4. The van der Waals surface area contributed by atoms with E-state index in [1.54, 1.807) is 4.90 Å². The molecule has 0 amide bonds. The van der Waals surface area contributed by atoms with Crippen molar-refractivity contribution in [1.82, 2.24) is 5.32 Å². The Balaban J connectivity index is 1.68. The zero-order chi connectivity index (χ0) is 26.1. The van der Waals surface area contributed by atoms with E-state index in [1.807, 2.05) is 0 Å². The predicted molar refractivity (Wildman–Crippen MR) is 124 cm³/mol. The normalized spacial score (nSPS) is 15.1. The highest BCUT2D eigenvalue weighted by atomic mass is 32.2. The molecule has 3 aromatic carbocycles. The highest BCUT2D eigenvalue weighted by Crippen LogP contribution is 2.38. The minimum Gasteiger partial charge on any atom is -0.367 e. The van der Waals surface area contributed by atoms with E-state index in [0.717, 1.165) is 30.3 Å². The van der Waals surface area contributed by atoms with Gasteiger partial charge in [-0.3, -0.25) is 4.72 Å². The Labute approximate surface area is 203 Å². The number of sulfonamides is 1. The number of anilines is 2. The van der Waals surface area contributed by atoms with Crippen LogP contribution in [0.25, 0.3) is 11.1 Å². The lowest BCUT2D eigenvalue weighted by atomic mass is 9.99. The van der Waals surface area contributed by atoms with Crippen molar-refractivity contribution in [3.05, 3.63) is 77.9 Å². The van der Waals surface area contributed by atoms with Crippen molar-refractivity contribution in [3.63, 3.8) is 0 Å². The molecule has 192 valence electrons. The van der Waals surface area contributed by atoms with Crippen LogP contribution in [0.1, 0.15) is 11.1 Å². The van der Waals surface area contributed by atoms with Crippen molar-refractivity contribution >= 4 is 21.4 Å². The van der Waals surface area contributed by atoms with Crippen LogP contribution in [-0.4, -0.2) is 34.6 Å². The van der Waals surface area contributed by atoms with Gasteiger partial charge in [0.05, 0.1) is 27.4 Å². The van der Waals surface area contributed by atoms with Gasteiger partial charge >= 0.3 is 12.4 Å². The third-order valence-electron chi connectivity index (χ3n) is 5.73. The molecule has 0 atom stereocenters. The maximum absolute atomic E-state index is 13.4. The third-order valence-corrected chi connectivity index (χ3v) is 7.12. The third kappa shape index (κ3) is 5.59. The van der Waals surface area contributed by atoms with E-state index in [-0.39, 0.29) is 21.7 Å². The fourth-order valence-electron chi connectivity index (χ4n) is 3.97. The average Bonchev–Trinajstić information content (AvgIpc) is 2.83. The number of nitrogens with zero attached hydrogens (tertiary/aromatic N) is 1. The van der Waals surface area contributed by atoms with Crippen LogP contribution in [0, 0.1) is 0 Å². The van der Waals surface area contributed by atoms with Crippen molar-refractivity contribution in [2.45, 2.75) is 17.2 Å². The second-order valence-corrected chi connectivity index (χ2v) is 9.82. The summed E-state index contributed by atoms with van der Waals surface area (Å²) in [6.45, 7) is 2.09. The number of rotatable bonds is 5. The number of hydrogen-bond donors (Lipinski definition) is 2. The molecule has 0 saturated carbocycles. The second-order valence-electron chi connectivity index (χ2n) is 8.14. The molecule has 36 heavy (non-hydrogen) atoms. The molecule has 1 aliphatic rings. The van der Waals surface area contributed by atoms with Crippen molar-refractivity contribution in [2.24, 2.45) is 0 Å². The first-order valence-electron chi connectivity index (χ1n) is 10.8. The summed E-state index contributed by atoms with van der Waals surface area (Å²) in [6.07, 6.45) is -9.29. The van der Waals surface area contributed by atoms with Gasteiger partial charge in [-0.25, -0.2) is 8.42 Å². The van der Waals surface area contributed by atoms with Crippen LogP contribution in [0.3, 0.4) is 0 Å². The highest BCUT2D eigenvalue weighted by molar-refractivity contribution is 7.92. The van der Waals surface area contributed by atoms with E-state index < -0.39 is 33.5 Å². The van der Waals surface area contributed by atoms with Gasteiger partial charge < -0.3 is 10.2 Å². The molecule has 0 aliphatic carbocycles. The monoisotopic (exact) mass is 529 g/mol. The minimum absolute atomic E-state index is 0.124. The Morgan fingerprint density at radius 2 is 1.44 bits per heavy atom. The summed E-state index contributed by atoms with van der Waals surface area (Å²) < 4.78 is 108. The van der Waals surface area contributed by atoms with E-state index in [4.69, 9.17) is 0 Å². The van der Waals surface area contributed by atoms with Gasteiger partial charge in [-0.1, -0.05) is 30.3 Å². The van der Waals surface area contributed by atoms with Crippen LogP contribution in [-0.2, 0) is 22.4 Å². The molecule has 1 aliphatic heterocycles. The molecular weight excluding hydrogens is 508 g/mol. The number of piperazine rings is 1. The maximum atomic E-state index is 13.4. The Bertz CT molecular complexity index is 1330. The van der Waals surface area contributed by atoms with E-state index in [1.165, 1.54) is 36.4 Å². The lowest BCUT2D eigenvalue weighted by Gasteiger charge is -2.31. The fraction of sp³-hybridized carbons (Fsp3) is 0.250. The van der Waals surface area contributed by atoms with E-state index in [2.05, 4.69) is 10.0 Å². The molecule has 1 heterocycles. The van der Waals surface area contributed by atoms with Crippen LogP contribution >= 0.6 is 0 Å². The number of halogens is 6. The number of alkyl halides is 6. The molecular formula is C24H21F6N3O2S. The molecule has 1 fully saturated rings. The molecule has 0 unspecified atom stereocenters. The number of hydrogen-bond acceptors (Lipinski definition) is 4. The standard InChI is InChI=1S/C24H21F6N3O2S/c25-23(26,27)17-7-10-22(33-13-11-31-12-14-33)21(15-17)32-36(34,35)18-8-5-16(6-9-18)19-3-1-2-4-20(19)24(28,29)30/h1-10,15,31-32H,11-14H2. The SMILES string of the molecule is O=S(=O)(Nc1cc(C(F)(F)F)ccc1N1CCNCC1)c1ccc(-c2ccccc2C(F)(F)F)cc1. The van der Waals surface area contributed by atoms with Crippen LogP contribution in [0.5, 0.6) is 0 Å². The summed E-state index contributed by atoms with van der Waals surface area (Å²) in [7, 11) is -4.36. The van der Waals surface area contributed by atoms with Crippen LogP contribution in [0.4, 0.5) is 37.7 Å². The minimum atomic E-state index is -4.68. The van der Waals surface area contributed by atoms with Gasteiger partial charge in [-0.15, -0.1) is 0 Å². The molecule has 5 nitrogen and oxygen atoms in total. The van der Waals surface area contributed by atoms with Gasteiger partial charge in [-0.2, -0.15) is 26.3 Å². The van der Waals surface area contributed by atoms with Gasteiger partial charge in [0, 0.05) is 26.2 Å². The first kappa shape index (κ1) is 25.8. The molecule has 0 bridgehead atoms. The van der Waals surface area contributed by atoms with Gasteiger partial charge in [0.1, 0.15) is 0 Å². The summed E-state index contributed by atoms with van der Waals surface area (Å²) in [5, 5.41) is 3.11. The molecule has 4 rings (SSSR count). The summed E-state index contributed by atoms with van der Waals surface area (Å²) in [5.41, 5.74) is -1.81. The average molecular weight is 530 g/mol. The van der Waals surface area contributed by atoms with E-state index >= 15 is 0 Å². The molecule has 0 radical (unpaired) electrons. The van der Waals surface area contributed by atoms with Crippen LogP contribution in [0.2, 0.25) is 0 Å². The lowest BCUT2D eigenvalue weighted by molar-refractivity contribution is -0.138. The lowest BCUT2D eigenvalue weighted by Crippen LogP contribution is -2.43. The summed E-state index contributed by atoms with van der Waals surface area (Å²) >= 11 is 0. The molecule has 0 spiro atoms. The molecule has 2 N–H and O–H groups in total. The van der Waals surface area contributed by atoms with E-state index in [9.17, 15) is 34.8 Å². The smallest absolute Gasteiger partial charge is 0.367 e. The van der Waals surface area contributed by atoms with Crippen molar-refractivity contribution in [1.29, 1.82) is 0 Å². The summed E-state index contributed by atoms with van der Waals surface area (Å²) in [4.78, 5) is 1.46. The van der Waals surface area contributed by atoms with Crippen LogP contribution in [0.15, 0.2) is 71.6 Å². The Morgan fingerprint density at radius 3 is 2.06 bits per heavy atom. The highest BCUT2D eigenvalue weighted by Gasteiger charge is 2.34. The van der Waals surface area contributed by atoms with Crippen molar-refractivity contribution < 1.29 is 34.8 Å². The Hall–Kier alpha value is -3.25. The van der Waals surface area contributed by atoms with E-state index in [0.29, 0.717) is 31.9 Å². The topological polar surface area (TPSA) is 61.4 Å². The Morgan fingerprint density at radius 1 is 0.806 bits per heavy atom. The quantitative estimate of drug-likeness (QED) is 0.423. The van der Waals surface area contributed by atoms with Gasteiger partial charge in [-0.05, 0) is 47.5 Å². The number of nitrogens with one attached hydrogen (secondary N) is 2. The Kier molecular flexibility index (Phi) is 6.93. The van der Waals surface area contributed by atoms with Gasteiger partial charge in [0.25, 0.3) is 10.0 Å². The van der Waals surface area contributed by atoms with Gasteiger partial charge in [0.15, 0.2) is 0 Å². The predicted octanol–water partition coefficient (Wildman–Crippen LogP) is 5.60. The molecule has 3 aromatic rings. The van der Waals surface area contributed by atoms with Crippen molar-refractivity contribution in [3.8, 4) is 11.1 Å². The molecule has 1 saturated heterocycles.